The predicted octanol–water partition coefficient (Wildman–Crippen LogP) is 2.39. The van der Waals surface area contributed by atoms with Gasteiger partial charge in [-0.05, 0) is 52.1 Å². The molecule has 16 heavy (non-hydrogen) atoms. The van der Waals surface area contributed by atoms with E-state index >= 15 is 0 Å². The van der Waals surface area contributed by atoms with E-state index in [9.17, 15) is 0 Å². The van der Waals surface area contributed by atoms with Crippen molar-refractivity contribution < 1.29 is 0 Å². The van der Waals surface area contributed by atoms with Crippen LogP contribution in [-0.4, -0.2) is 33.6 Å². The molecule has 3 nitrogen and oxygen atoms in total. The van der Waals surface area contributed by atoms with Gasteiger partial charge < -0.3 is 9.47 Å². The third kappa shape index (κ3) is 3.08. The summed E-state index contributed by atoms with van der Waals surface area (Å²) in [6, 6.07) is 0.717. The van der Waals surface area contributed by atoms with E-state index in [0.717, 1.165) is 18.5 Å². The number of nitrogens with zero attached hydrogens (tertiary/aromatic N) is 3. The quantitative estimate of drug-likeness (QED) is 0.778. The zero-order valence-corrected chi connectivity index (χ0v) is 10.5. The minimum Gasteiger partial charge on any atom is -0.337 e. The molecule has 1 aliphatic heterocycles. The van der Waals surface area contributed by atoms with Crippen molar-refractivity contribution in [2.45, 2.75) is 45.7 Å². The predicted molar refractivity (Wildman–Crippen MR) is 66.3 cm³/mol. The van der Waals surface area contributed by atoms with Crippen LogP contribution >= 0.6 is 0 Å². The van der Waals surface area contributed by atoms with Crippen LogP contribution in [0.5, 0.6) is 0 Å². The maximum absolute atomic E-state index is 4.08. The Kier molecular flexibility index (Phi) is 3.99. The van der Waals surface area contributed by atoms with E-state index in [1.807, 2.05) is 12.5 Å². The number of hydrogen-bond donors (Lipinski definition) is 0. The summed E-state index contributed by atoms with van der Waals surface area (Å²) >= 11 is 0. The molecule has 1 saturated heterocycles. The van der Waals surface area contributed by atoms with E-state index in [1.165, 1.54) is 32.4 Å². The molecule has 1 fully saturated rings. The van der Waals surface area contributed by atoms with Gasteiger partial charge in [0, 0.05) is 25.0 Å². The number of imidazole rings is 1. The molecule has 90 valence electrons. The number of aryl methyl sites for hydroxylation is 1. The highest BCUT2D eigenvalue weighted by Gasteiger charge is 2.20. The van der Waals surface area contributed by atoms with E-state index in [1.54, 1.807) is 0 Å². The molecule has 0 unspecified atom stereocenters. The summed E-state index contributed by atoms with van der Waals surface area (Å²) < 4.78 is 2.19. The van der Waals surface area contributed by atoms with Gasteiger partial charge in [0.1, 0.15) is 0 Å². The lowest BCUT2D eigenvalue weighted by molar-refractivity contribution is 0.143. The third-order valence-electron chi connectivity index (χ3n) is 3.73. The minimum absolute atomic E-state index is 0.717. The smallest absolute Gasteiger partial charge is 0.0945 e. The van der Waals surface area contributed by atoms with Gasteiger partial charge in [-0.15, -0.1) is 0 Å². The fourth-order valence-electron chi connectivity index (χ4n) is 2.51. The Balaban J connectivity index is 1.69. The normalized spacial score (nSPS) is 19.4. The second kappa shape index (κ2) is 5.48. The number of rotatable bonds is 4. The summed E-state index contributed by atoms with van der Waals surface area (Å²) in [4.78, 5) is 6.67. The van der Waals surface area contributed by atoms with Gasteiger partial charge in [-0.3, -0.25) is 0 Å². The average molecular weight is 221 g/mol. The Bertz CT molecular complexity index is 284. The average Bonchev–Trinajstić information content (AvgIpc) is 2.80. The molecule has 1 aromatic rings. The van der Waals surface area contributed by atoms with Gasteiger partial charge in [0.05, 0.1) is 6.33 Å². The number of aromatic nitrogens is 2. The Morgan fingerprint density at radius 2 is 2.06 bits per heavy atom. The van der Waals surface area contributed by atoms with Crippen LogP contribution in [0.1, 0.15) is 33.1 Å². The fourth-order valence-corrected chi connectivity index (χ4v) is 2.51. The molecule has 0 N–H and O–H groups in total. The van der Waals surface area contributed by atoms with E-state index in [4.69, 9.17) is 0 Å². The van der Waals surface area contributed by atoms with Crippen molar-refractivity contribution in [3.05, 3.63) is 18.7 Å². The van der Waals surface area contributed by atoms with Crippen molar-refractivity contribution in [3.8, 4) is 0 Å². The Hall–Kier alpha value is -0.830. The lowest BCUT2D eigenvalue weighted by Gasteiger charge is -2.34. The topological polar surface area (TPSA) is 21.1 Å². The van der Waals surface area contributed by atoms with Crippen molar-refractivity contribution in [2.75, 3.05) is 13.1 Å². The van der Waals surface area contributed by atoms with Gasteiger partial charge in [0.15, 0.2) is 0 Å². The lowest BCUT2D eigenvalue weighted by Crippen LogP contribution is -2.38. The van der Waals surface area contributed by atoms with Crippen molar-refractivity contribution >= 4 is 0 Å². The lowest BCUT2D eigenvalue weighted by atomic mass is 9.93. The molecule has 0 radical (unpaired) electrons. The van der Waals surface area contributed by atoms with Crippen LogP contribution < -0.4 is 0 Å². The van der Waals surface area contributed by atoms with Crippen molar-refractivity contribution in [3.63, 3.8) is 0 Å². The molecule has 0 amide bonds. The zero-order chi connectivity index (χ0) is 11.4. The monoisotopic (exact) mass is 221 g/mol. The number of likely N-dealkylation sites (tertiary alicyclic amines) is 1. The first-order chi connectivity index (χ1) is 7.75. The SMILES string of the molecule is CC(C)N1CCC(CCn2ccnc2)CC1. The maximum Gasteiger partial charge on any atom is 0.0945 e. The highest BCUT2D eigenvalue weighted by Crippen LogP contribution is 2.22. The molecule has 1 aromatic heterocycles. The molecule has 3 heteroatoms. The van der Waals surface area contributed by atoms with E-state index in [0.29, 0.717) is 0 Å². The summed E-state index contributed by atoms with van der Waals surface area (Å²) in [7, 11) is 0. The summed E-state index contributed by atoms with van der Waals surface area (Å²) in [5.74, 6) is 0.914. The molecule has 0 bridgehead atoms. The molecule has 2 rings (SSSR count). The van der Waals surface area contributed by atoms with Gasteiger partial charge in [-0.1, -0.05) is 0 Å². The van der Waals surface area contributed by atoms with Gasteiger partial charge >= 0.3 is 0 Å². The van der Waals surface area contributed by atoms with Crippen LogP contribution in [0.4, 0.5) is 0 Å². The van der Waals surface area contributed by atoms with Gasteiger partial charge in [0.25, 0.3) is 0 Å². The standard InChI is InChI=1S/C13H23N3/c1-12(2)16-8-4-13(5-9-16)3-7-15-10-6-14-11-15/h6,10-13H,3-5,7-9H2,1-2H3. The molecular weight excluding hydrogens is 198 g/mol. The first-order valence-electron chi connectivity index (χ1n) is 6.45. The molecule has 2 heterocycles. The highest BCUT2D eigenvalue weighted by atomic mass is 15.1. The molecule has 0 spiro atoms. The minimum atomic E-state index is 0.717. The number of hydrogen-bond acceptors (Lipinski definition) is 2. The van der Waals surface area contributed by atoms with Crippen LogP contribution in [0.25, 0.3) is 0 Å². The van der Waals surface area contributed by atoms with Crippen LogP contribution in [0.3, 0.4) is 0 Å². The van der Waals surface area contributed by atoms with E-state index in [-0.39, 0.29) is 0 Å². The second-order valence-electron chi connectivity index (χ2n) is 5.16. The first-order valence-corrected chi connectivity index (χ1v) is 6.45. The summed E-state index contributed by atoms with van der Waals surface area (Å²) in [5, 5.41) is 0. The van der Waals surface area contributed by atoms with Crippen molar-refractivity contribution in [1.29, 1.82) is 0 Å². The third-order valence-corrected chi connectivity index (χ3v) is 3.73. The fraction of sp³-hybridized carbons (Fsp3) is 0.769. The van der Waals surface area contributed by atoms with Gasteiger partial charge in [-0.2, -0.15) is 0 Å². The molecule has 0 saturated carbocycles. The largest absolute Gasteiger partial charge is 0.337 e. The Labute approximate surface area is 98.5 Å². The molecular formula is C13H23N3. The summed E-state index contributed by atoms with van der Waals surface area (Å²) in [6.45, 7) is 8.29. The van der Waals surface area contributed by atoms with Crippen molar-refractivity contribution in [1.82, 2.24) is 14.5 Å². The highest BCUT2D eigenvalue weighted by molar-refractivity contribution is 4.77. The Morgan fingerprint density at radius 3 is 2.62 bits per heavy atom. The van der Waals surface area contributed by atoms with Gasteiger partial charge in [0.2, 0.25) is 0 Å². The summed E-state index contributed by atoms with van der Waals surface area (Å²) in [5.41, 5.74) is 0. The van der Waals surface area contributed by atoms with Crippen molar-refractivity contribution in [2.24, 2.45) is 5.92 Å². The van der Waals surface area contributed by atoms with E-state index in [2.05, 4.69) is 34.5 Å². The molecule has 1 aliphatic rings. The molecule has 0 aromatic carbocycles. The Morgan fingerprint density at radius 1 is 1.31 bits per heavy atom. The summed E-state index contributed by atoms with van der Waals surface area (Å²) in [6.07, 6.45) is 9.88. The molecule has 0 aliphatic carbocycles. The van der Waals surface area contributed by atoms with Gasteiger partial charge in [-0.25, -0.2) is 4.98 Å². The maximum atomic E-state index is 4.08. The number of piperidine rings is 1. The van der Waals surface area contributed by atoms with Crippen LogP contribution in [-0.2, 0) is 6.54 Å². The van der Waals surface area contributed by atoms with Crippen LogP contribution in [0.2, 0.25) is 0 Å². The second-order valence-corrected chi connectivity index (χ2v) is 5.16. The molecule has 0 atom stereocenters. The van der Waals surface area contributed by atoms with E-state index < -0.39 is 0 Å². The van der Waals surface area contributed by atoms with Crippen LogP contribution in [0, 0.1) is 5.92 Å². The van der Waals surface area contributed by atoms with Crippen LogP contribution in [0.15, 0.2) is 18.7 Å². The first kappa shape index (κ1) is 11.6. The zero-order valence-electron chi connectivity index (χ0n) is 10.5.